The first-order valence-electron chi connectivity index (χ1n) is 13.4. The minimum absolute atomic E-state index is 0.0382. The maximum atomic E-state index is 11.7. The van der Waals surface area contributed by atoms with Gasteiger partial charge in [-0.05, 0) is 96.5 Å². The molecule has 1 aliphatic rings. The summed E-state index contributed by atoms with van der Waals surface area (Å²) in [5.41, 5.74) is 3.92. The van der Waals surface area contributed by atoms with Gasteiger partial charge in [0.15, 0.2) is 5.78 Å². The Hall–Kier alpha value is -4.65. The van der Waals surface area contributed by atoms with E-state index in [4.69, 9.17) is 9.47 Å². The number of allylic oxidation sites excluding steroid dienone is 5. The first-order chi connectivity index (χ1) is 19.5. The molecule has 2 N–H and O–H groups in total. The van der Waals surface area contributed by atoms with Gasteiger partial charge in [0.2, 0.25) is 11.8 Å². The van der Waals surface area contributed by atoms with Crippen LogP contribution in [0, 0.1) is 0 Å². The number of unbranched alkanes of at least 4 members (excludes halogenated alkanes) is 2. The molecule has 0 spiro atoms. The van der Waals surface area contributed by atoms with Crippen molar-refractivity contribution in [2.24, 2.45) is 0 Å². The Kier molecular flexibility index (Phi) is 12.2. The van der Waals surface area contributed by atoms with E-state index >= 15 is 0 Å². The van der Waals surface area contributed by atoms with Crippen molar-refractivity contribution in [3.8, 4) is 11.5 Å². The molecule has 2 amide bonds. The molecule has 7 nitrogen and oxygen atoms in total. The van der Waals surface area contributed by atoms with Gasteiger partial charge in [-0.3, -0.25) is 14.4 Å². The Labute approximate surface area is 236 Å². The number of ketones is 1. The van der Waals surface area contributed by atoms with E-state index in [0.29, 0.717) is 26.3 Å². The van der Waals surface area contributed by atoms with Gasteiger partial charge in [-0.15, -0.1) is 0 Å². The molecule has 7 heteroatoms. The zero-order chi connectivity index (χ0) is 28.6. The molecular weight excluding hydrogens is 504 g/mol. The average molecular weight is 541 g/mol. The summed E-state index contributed by atoms with van der Waals surface area (Å²) in [6, 6.07) is 15.8. The van der Waals surface area contributed by atoms with Crippen molar-refractivity contribution in [2.75, 3.05) is 26.3 Å². The van der Waals surface area contributed by atoms with Gasteiger partial charge in [-0.1, -0.05) is 49.6 Å². The molecule has 208 valence electrons. The van der Waals surface area contributed by atoms with E-state index in [1.54, 1.807) is 12.2 Å². The molecule has 0 fully saturated rings. The molecule has 1 aliphatic carbocycles. The molecule has 0 bridgehead atoms. The second-order valence-electron chi connectivity index (χ2n) is 9.05. The van der Waals surface area contributed by atoms with Crippen LogP contribution in [-0.4, -0.2) is 43.9 Å². The summed E-state index contributed by atoms with van der Waals surface area (Å²) >= 11 is 0. The lowest BCUT2D eigenvalue weighted by atomic mass is 9.91. The summed E-state index contributed by atoms with van der Waals surface area (Å²) < 4.78 is 11.7. The van der Waals surface area contributed by atoms with E-state index in [-0.39, 0.29) is 17.6 Å². The van der Waals surface area contributed by atoms with Crippen molar-refractivity contribution in [1.82, 2.24) is 10.6 Å². The number of benzene rings is 2. The quantitative estimate of drug-likeness (QED) is 0.228. The highest BCUT2D eigenvalue weighted by molar-refractivity contribution is 6.03. The van der Waals surface area contributed by atoms with Gasteiger partial charge in [0, 0.05) is 13.1 Å². The average Bonchev–Trinajstić information content (AvgIpc) is 2.98. The highest BCUT2D eigenvalue weighted by Crippen LogP contribution is 2.31. The number of amides is 2. The predicted molar refractivity (Wildman–Crippen MR) is 158 cm³/mol. The second kappa shape index (κ2) is 16.3. The normalized spacial score (nSPS) is 12.0. The highest BCUT2D eigenvalue weighted by atomic mass is 16.5. The van der Waals surface area contributed by atoms with Crippen LogP contribution in [0.15, 0.2) is 104 Å². The number of rotatable bonds is 16. The fourth-order valence-corrected chi connectivity index (χ4v) is 3.96. The van der Waals surface area contributed by atoms with Gasteiger partial charge >= 0.3 is 0 Å². The lowest BCUT2D eigenvalue weighted by molar-refractivity contribution is -0.117. The molecular formula is C33H36N2O5. The third-order valence-corrected chi connectivity index (χ3v) is 6.08. The highest BCUT2D eigenvalue weighted by Gasteiger charge is 2.12. The third kappa shape index (κ3) is 9.91. The summed E-state index contributed by atoms with van der Waals surface area (Å²) in [6.45, 7) is 9.16. The van der Waals surface area contributed by atoms with Crippen molar-refractivity contribution < 1.29 is 23.9 Å². The Morgan fingerprint density at radius 2 is 1.07 bits per heavy atom. The van der Waals surface area contributed by atoms with Crippen LogP contribution in [0.25, 0.3) is 5.57 Å². The van der Waals surface area contributed by atoms with E-state index < -0.39 is 0 Å². The molecule has 2 aromatic rings. The molecule has 0 heterocycles. The standard InChI is InChI=1S/C33H36N2O5/c1-3-31(37)34-21-5-7-23-39-29-17-11-26(12-18-29)33(25-9-15-28(36)16-10-25)27-13-19-30(20-14-27)40-24-8-6-22-35-32(38)4-2/h3-4,9-20H,1-2,5-8,21-24H2,(H,34,37)(H,35,38). The zero-order valence-electron chi connectivity index (χ0n) is 22.7. The maximum absolute atomic E-state index is 11.7. The van der Waals surface area contributed by atoms with E-state index in [0.717, 1.165) is 59.5 Å². The van der Waals surface area contributed by atoms with Crippen LogP contribution in [0.5, 0.6) is 11.5 Å². The third-order valence-electron chi connectivity index (χ3n) is 6.08. The molecule has 0 atom stereocenters. The summed E-state index contributed by atoms with van der Waals surface area (Å²) in [5, 5.41) is 5.51. The van der Waals surface area contributed by atoms with Gasteiger partial charge < -0.3 is 20.1 Å². The monoisotopic (exact) mass is 540 g/mol. The Morgan fingerprint density at radius 1 is 0.650 bits per heavy atom. The maximum Gasteiger partial charge on any atom is 0.243 e. The largest absolute Gasteiger partial charge is 0.494 e. The SMILES string of the molecule is C=CC(=O)NCCCCOc1ccc(C(=C2C=CC(=O)C=C2)c2ccc(OCCCCNC(=O)C=C)cc2)cc1. The van der Waals surface area contributed by atoms with E-state index in [2.05, 4.69) is 23.8 Å². The van der Waals surface area contributed by atoms with E-state index in [1.807, 2.05) is 60.7 Å². The van der Waals surface area contributed by atoms with Crippen LogP contribution in [0.4, 0.5) is 0 Å². The van der Waals surface area contributed by atoms with Crippen LogP contribution >= 0.6 is 0 Å². The summed E-state index contributed by atoms with van der Waals surface area (Å²) in [6.07, 6.45) is 12.6. The van der Waals surface area contributed by atoms with Crippen molar-refractivity contribution in [3.05, 3.63) is 115 Å². The fourth-order valence-electron chi connectivity index (χ4n) is 3.96. The Morgan fingerprint density at radius 3 is 1.48 bits per heavy atom. The first kappa shape index (κ1) is 29.9. The minimum atomic E-state index is -0.168. The summed E-state index contributed by atoms with van der Waals surface area (Å²) in [7, 11) is 0. The molecule has 0 radical (unpaired) electrons. The molecule has 0 unspecified atom stereocenters. The van der Waals surface area contributed by atoms with Gasteiger partial charge in [0.25, 0.3) is 0 Å². The number of ether oxygens (including phenoxy) is 2. The van der Waals surface area contributed by atoms with Gasteiger partial charge in [-0.2, -0.15) is 0 Å². The van der Waals surface area contributed by atoms with Crippen LogP contribution in [0.3, 0.4) is 0 Å². The molecule has 0 aliphatic heterocycles. The van der Waals surface area contributed by atoms with Gasteiger partial charge in [-0.25, -0.2) is 0 Å². The molecule has 0 aromatic heterocycles. The number of hydrogen-bond acceptors (Lipinski definition) is 5. The first-order valence-corrected chi connectivity index (χ1v) is 13.4. The summed E-state index contributed by atoms with van der Waals surface area (Å²) in [4.78, 5) is 34.1. The van der Waals surface area contributed by atoms with Crippen LogP contribution < -0.4 is 20.1 Å². The fraction of sp³-hybridized carbons (Fsp3) is 0.242. The van der Waals surface area contributed by atoms with E-state index in [1.165, 1.54) is 12.2 Å². The number of carbonyl (C=O) groups is 3. The molecule has 3 rings (SSSR count). The number of nitrogens with one attached hydrogen (secondary N) is 2. The number of hydrogen-bond donors (Lipinski definition) is 2. The molecule has 0 saturated carbocycles. The van der Waals surface area contributed by atoms with Crippen LogP contribution in [0.2, 0.25) is 0 Å². The topological polar surface area (TPSA) is 93.7 Å². The van der Waals surface area contributed by atoms with Gasteiger partial charge in [0.1, 0.15) is 11.5 Å². The molecule has 2 aromatic carbocycles. The second-order valence-corrected chi connectivity index (χ2v) is 9.05. The Bertz CT molecular complexity index is 1180. The van der Waals surface area contributed by atoms with Crippen molar-refractivity contribution in [3.63, 3.8) is 0 Å². The lowest BCUT2D eigenvalue weighted by Crippen LogP contribution is -2.22. The van der Waals surface area contributed by atoms with Crippen molar-refractivity contribution in [2.45, 2.75) is 25.7 Å². The number of carbonyl (C=O) groups excluding carboxylic acids is 3. The van der Waals surface area contributed by atoms with Crippen LogP contribution in [0.1, 0.15) is 36.8 Å². The molecule has 40 heavy (non-hydrogen) atoms. The predicted octanol–water partition coefficient (Wildman–Crippen LogP) is 5.11. The smallest absolute Gasteiger partial charge is 0.243 e. The van der Waals surface area contributed by atoms with Gasteiger partial charge in [0.05, 0.1) is 13.2 Å². The Balaban J connectivity index is 1.61. The minimum Gasteiger partial charge on any atom is -0.494 e. The van der Waals surface area contributed by atoms with Crippen LogP contribution in [-0.2, 0) is 14.4 Å². The van der Waals surface area contributed by atoms with E-state index in [9.17, 15) is 14.4 Å². The molecule has 0 saturated heterocycles. The van der Waals surface area contributed by atoms with Crippen molar-refractivity contribution >= 4 is 23.2 Å². The van der Waals surface area contributed by atoms with Crippen molar-refractivity contribution in [1.29, 1.82) is 0 Å². The zero-order valence-corrected chi connectivity index (χ0v) is 22.7. The summed E-state index contributed by atoms with van der Waals surface area (Å²) in [5.74, 6) is 1.16. The lowest BCUT2D eigenvalue weighted by Gasteiger charge is -2.15.